The van der Waals surface area contributed by atoms with E-state index in [-0.39, 0.29) is 5.69 Å². The first-order chi connectivity index (χ1) is 11.4. The van der Waals surface area contributed by atoms with E-state index in [1.807, 2.05) is 45.0 Å². The summed E-state index contributed by atoms with van der Waals surface area (Å²) in [6.07, 6.45) is 0. The van der Waals surface area contributed by atoms with Crippen LogP contribution >= 0.6 is 0 Å². The summed E-state index contributed by atoms with van der Waals surface area (Å²) in [6, 6.07) is 11.2. The Hall–Kier alpha value is -2.95. The van der Waals surface area contributed by atoms with Gasteiger partial charge in [0, 0.05) is 12.7 Å². The molecule has 1 N–H and O–H groups in total. The molecular weight excluding hydrogens is 302 g/mol. The number of fused-ring (bicyclic) bond motifs is 1. The predicted molar refractivity (Wildman–Crippen MR) is 95.6 cm³/mol. The number of hydrogen-bond donors (Lipinski definition) is 1. The second-order valence-corrected chi connectivity index (χ2v) is 6.07. The van der Waals surface area contributed by atoms with Crippen LogP contribution in [0.4, 0.5) is 5.69 Å². The van der Waals surface area contributed by atoms with Crippen LogP contribution in [0.15, 0.2) is 41.2 Å². The van der Waals surface area contributed by atoms with Crippen molar-refractivity contribution in [3.8, 4) is 0 Å². The molecule has 3 rings (SSSR count). The summed E-state index contributed by atoms with van der Waals surface area (Å²) in [5.74, 6) is -0.500. The molecule has 0 aliphatic rings. The van der Waals surface area contributed by atoms with Crippen LogP contribution in [0.2, 0.25) is 0 Å². The van der Waals surface area contributed by atoms with Crippen molar-refractivity contribution in [2.75, 3.05) is 5.32 Å². The summed E-state index contributed by atoms with van der Waals surface area (Å²) in [7, 11) is 1.66. The van der Waals surface area contributed by atoms with Crippen LogP contribution in [0.25, 0.3) is 11.0 Å². The molecule has 2 aromatic carbocycles. The summed E-state index contributed by atoms with van der Waals surface area (Å²) >= 11 is 0. The normalized spacial score (nSPS) is 10.8. The minimum Gasteiger partial charge on any atom is -0.320 e. The van der Waals surface area contributed by atoms with E-state index in [9.17, 15) is 9.59 Å². The zero-order valence-electron chi connectivity index (χ0n) is 14.2. The van der Waals surface area contributed by atoms with Gasteiger partial charge in [0.15, 0.2) is 5.69 Å². The van der Waals surface area contributed by atoms with Gasteiger partial charge in [-0.15, -0.1) is 0 Å². The Bertz CT molecular complexity index is 1000. The lowest BCUT2D eigenvalue weighted by Gasteiger charge is -2.10. The van der Waals surface area contributed by atoms with Gasteiger partial charge in [-0.05, 0) is 56.2 Å². The Kier molecular flexibility index (Phi) is 3.93. The van der Waals surface area contributed by atoms with Gasteiger partial charge in [-0.25, -0.2) is 4.98 Å². The molecule has 0 atom stereocenters. The second-order valence-electron chi connectivity index (χ2n) is 6.07. The van der Waals surface area contributed by atoms with Gasteiger partial charge in [-0.2, -0.15) is 0 Å². The van der Waals surface area contributed by atoms with Gasteiger partial charge in [-0.1, -0.05) is 17.7 Å². The van der Waals surface area contributed by atoms with Gasteiger partial charge in [0.1, 0.15) is 0 Å². The van der Waals surface area contributed by atoms with E-state index in [4.69, 9.17) is 0 Å². The summed E-state index contributed by atoms with van der Waals surface area (Å²) in [5, 5.41) is 2.73. The fraction of sp³-hybridized carbons (Fsp3) is 0.211. The molecule has 1 amide bonds. The maximum atomic E-state index is 12.5. The molecule has 5 heteroatoms. The smallest absolute Gasteiger partial charge is 0.282 e. The Morgan fingerprint density at radius 3 is 2.33 bits per heavy atom. The molecule has 0 fully saturated rings. The average Bonchev–Trinajstić information content (AvgIpc) is 2.55. The fourth-order valence-corrected chi connectivity index (χ4v) is 2.56. The number of carbonyl (C=O) groups is 1. The van der Waals surface area contributed by atoms with Crippen molar-refractivity contribution in [1.82, 2.24) is 9.55 Å². The highest BCUT2D eigenvalue weighted by Crippen LogP contribution is 2.17. The van der Waals surface area contributed by atoms with Gasteiger partial charge >= 0.3 is 0 Å². The summed E-state index contributed by atoms with van der Waals surface area (Å²) in [5.41, 5.74) is 4.72. The first-order valence-electron chi connectivity index (χ1n) is 7.73. The van der Waals surface area contributed by atoms with Crippen LogP contribution in [-0.2, 0) is 7.05 Å². The molecular formula is C19H19N3O2. The number of aromatic nitrogens is 2. The molecule has 0 bridgehead atoms. The van der Waals surface area contributed by atoms with Crippen LogP contribution in [0.3, 0.4) is 0 Å². The van der Waals surface area contributed by atoms with Crippen molar-refractivity contribution < 1.29 is 4.79 Å². The van der Waals surface area contributed by atoms with Gasteiger partial charge in [-0.3, -0.25) is 9.59 Å². The molecule has 122 valence electrons. The summed E-state index contributed by atoms with van der Waals surface area (Å²) < 4.78 is 1.47. The monoisotopic (exact) mass is 321 g/mol. The highest BCUT2D eigenvalue weighted by atomic mass is 16.2. The Morgan fingerprint density at radius 2 is 1.67 bits per heavy atom. The third-order valence-electron chi connectivity index (χ3n) is 4.22. The number of rotatable bonds is 2. The van der Waals surface area contributed by atoms with Crippen molar-refractivity contribution in [3.05, 3.63) is 69.1 Å². The van der Waals surface area contributed by atoms with E-state index >= 15 is 0 Å². The van der Waals surface area contributed by atoms with Gasteiger partial charge in [0.2, 0.25) is 0 Å². The third-order valence-corrected chi connectivity index (χ3v) is 4.22. The molecule has 0 saturated heterocycles. The van der Waals surface area contributed by atoms with E-state index in [1.54, 1.807) is 19.2 Å². The van der Waals surface area contributed by atoms with E-state index < -0.39 is 11.5 Å². The largest absolute Gasteiger partial charge is 0.320 e. The molecule has 1 aromatic heterocycles. The molecule has 5 nitrogen and oxygen atoms in total. The Balaban J connectivity index is 2.07. The number of amides is 1. The molecule has 24 heavy (non-hydrogen) atoms. The topological polar surface area (TPSA) is 64.0 Å². The molecule has 0 aliphatic heterocycles. The minimum absolute atomic E-state index is 0.103. The number of aryl methyl sites for hydroxylation is 4. The lowest BCUT2D eigenvalue weighted by atomic mass is 10.1. The highest BCUT2D eigenvalue weighted by molar-refractivity contribution is 6.03. The number of nitrogens with one attached hydrogen (secondary N) is 1. The number of anilines is 1. The molecule has 0 radical (unpaired) electrons. The molecule has 3 aromatic rings. The maximum absolute atomic E-state index is 12.5. The average molecular weight is 321 g/mol. The number of benzene rings is 2. The molecule has 0 spiro atoms. The van der Waals surface area contributed by atoms with Gasteiger partial charge in [0.25, 0.3) is 11.5 Å². The molecule has 0 saturated carbocycles. The lowest BCUT2D eigenvalue weighted by molar-refractivity contribution is 0.102. The van der Waals surface area contributed by atoms with Gasteiger partial charge < -0.3 is 9.88 Å². The number of nitrogens with zero attached hydrogens (tertiary/aromatic N) is 2. The number of carbonyl (C=O) groups excluding carboxylic acids is 1. The maximum Gasteiger partial charge on any atom is 0.282 e. The van der Waals surface area contributed by atoms with Crippen molar-refractivity contribution in [2.24, 2.45) is 7.05 Å². The van der Waals surface area contributed by atoms with Crippen LogP contribution in [0.1, 0.15) is 27.2 Å². The van der Waals surface area contributed by atoms with Crippen molar-refractivity contribution in [2.45, 2.75) is 20.8 Å². The van der Waals surface area contributed by atoms with Crippen LogP contribution in [-0.4, -0.2) is 15.5 Å². The molecule has 0 aliphatic carbocycles. The predicted octanol–water partition coefficient (Wildman–Crippen LogP) is 3.11. The Labute approximate surface area is 140 Å². The minimum atomic E-state index is -0.500. The standard InChI is InChI=1S/C19H19N3O2/c1-11-5-7-14(8-6-11)20-18(23)17-19(24)22(4)16-10-13(3)12(2)9-15(16)21-17/h5-10H,1-4H3,(H,20,23). The van der Waals surface area contributed by atoms with E-state index in [2.05, 4.69) is 10.3 Å². The third kappa shape index (κ3) is 2.80. The van der Waals surface area contributed by atoms with Crippen LogP contribution in [0.5, 0.6) is 0 Å². The van der Waals surface area contributed by atoms with Crippen LogP contribution < -0.4 is 10.9 Å². The quantitative estimate of drug-likeness (QED) is 0.789. The zero-order valence-corrected chi connectivity index (χ0v) is 14.2. The van der Waals surface area contributed by atoms with Gasteiger partial charge in [0.05, 0.1) is 11.0 Å². The lowest BCUT2D eigenvalue weighted by Crippen LogP contribution is -2.29. The molecule has 1 heterocycles. The SMILES string of the molecule is Cc1ccc(NC(=O)c2nc3cc(C)c(C)cc3n(C)c2=O)cc1. The molecule has 0 unspecified atom stereocenters. The first-order valence-corrected chi connectivity index (χ1v) is 7.73. The first kappa shape index (κ1) is 15.9. The highest BCUT2D eigenvalue weighted by Gasteiger charge is 2.17. The summed E-state index contributed by atoms with van der Waals surface area (Å²) in [6.45, 7) is 5.93. The number of hydrogen-bond acceptors (Lipinski definition) is 3. The van der Waals surface area contributed by atoms with E-state index in [0.29, 0.717) is 11.2 Å². The fourth-order valence-electron chi connectivity index (χ4n) is 2.56. The Morgan fingerprint density at radius 1 is 1.04 bits per heavy atom. The van der Waals surface area contributed by atoms with Crippen molar-refractivity contribution in [1.29, 1.82) is 0 Å². The summed E-state index contributed by atoms with van der Waals surface area (Å²) in [4.78, 5) is 29.3. The van der Waals surface area contributed by atoms with Crippen molar-refractivity contribution in [3.63, 3.8) is 0 Å². The van der Waals surface area contributed by atoms with E-state index in [1.165, 1.54) is 4.57 Å². The second kappa shape index (κ2) is 5.92. The zero-order chi connectivity index (χ0) is 17.4. The van der Waals surface area contributed by atoms with Crippen molar-refractivity contribution >= 4 is 22.6 Å². The van der Waals surface area contributed by atoms with E-state index in [0.717, 1.165) is 22.2 Å². The van der Waals surface area contributed by atoms with Crippen LogP contribution in [0, 0.1) is 20.8 Å².